The van der Waals surface area contributed by atoms with Gasteiger partial charge in [0.1, 0.15) is 17.8 Å². The molecule has 1 atom stereocenters. The van der Waals surface area contributed by atoms with Crippen LogP contribution in [0, 0.1) is 0 Å². The van der Waals surface area contributed by atoms with Gasteiger partial charge >= 0.3 is 0 Å². The van der Waals surface area contributed by atoms with Gasteiger partial charge in [0.2, 0.25) is 5.88 Å². The number of hydrogen-bond acceptors (Lipinski definition) is 7. The summed E-state index contributed by atoms with van der Waals surface area (Å²) in [6, 6.07) is 15.5. The predicted molar refractivity (Wildman–Crippen MR) is 126 cm³/mol. The van der Waals surface area contributed by atoms with Gasteiger partial charge in [-0.3, -0.25) is 4.79 Å². The van der Waals surface area contributed by atoms with Crippen molar-refractivity contribution in [3.63, 3.8) is 0 Å². The smallest absolute Gasteiger partial charge is 0.260 e. The van der Waals surface area contributed by atoms with Gasteiger partial charge in [-0.25, -0.2) is 15.0 Å². The Morgan fingerprint density at radius 1 is 1.12 bits per heavy atom. The average molecular weight is 459 g/mol. The molecule has 8 nitrogen and oxygen atoms in total. The van der Waals surface area contributed by atoms with Crippen LogP contribution < -0.4 is 9.47 Å². The van der Waals surface area contributed by atoms with Gasteiger partial charge in [-0.1, -0.05) is 24.3 Å². The topological polar surface area (TPSA) is 90.6 Å². The summed E-state index contributed by atoms with van der Waals surface area (Å²) < 4.78 is 17.0. The molecule has 1 aliphatic rings. The molecular formula is C26H26N4O4. The van der Waals surface area contributed by atoms with Crippen molar-refractivity contribution in [2.24, 2.45) is 0 Å². The predicted octanol–water partition coefficient (Wildman–Crippen LogP) is 4.00. The van der Waals surface area contributed by atoms with Gasteiger partial charge in [-0.2, -0.15) is 0 Å². The number of amides is 1. The first-order chi connectivity index (χ1) is 16.7. The number of carbonyl (C=O) groups excluding carboxylic acids is 1. The molecule has 1 amide bonds. The van der Waals surface area contributed by atoms with Crippen molar-refractivity contribution in [1.82, 2.24) is 19.9 Å². The van der Waals surface area contributed by atoms with Crippen LogP contribution >= 0.6 is 0 Å². The number of fused-ring (bicyclic) bond motifs is 1. The van der Waals surface area contributed by atoms with Gasteiger partial charge in [0.15, 0.2) is 12.5 Å². The summed E-state index contributed by atoms with van der Waals surface area (Å²) in [5.41, 5.74) is 1.91. The lowest BCUT2D eigenvalue weighted by molar-refractivity contribution is -0.134. The number of ether oxygens (including phenoxy) is 2. The molecule has 2 aromatic heterocycles. The molecule has 1 aliphatic heterocycles. The second-order valence-electron chi connectivity index (χ2n) is 8.35. The molecule has 0 N–H and O–H groups in total. The number of rotatable bonds is 7. The van der Waals surface area contributed by atoms with Crippen LogP contribution in [0.25, 0.3) is 10.9 Å². The monoisotopic (exact) mass is 458 g/mol. The maximum absolute atomic E-state index is 12.9. The molecule has 0 radical (unpaired) electrons. The van der Waals surface area contributed by atoms with E-state index >= 15 is 0 Å². The van der Waals surface area contributed by atoms with Crippen LogP contribution in [0.3, 0.4) is 0 Å². The Balaban J connectivity index is 1.19. The fraction of sp³-hybridized carbons (Fsp3) is 0.308. The number of likely N-dealkylation sites (tertiary alicyclic amines) is 1. The highest BCUT2D eigenvalue weighted by Crippen LogP contribution is 2.28. The van der Waals surface area contributed by atoms with Gasteiger partial charge in [0.25, 0.3) is 5.91 Å². The summed E-state index contributed by atoms with van der Waals surface area (Å²) in [5, 5.41) is 0.790. The molecular weight excluding hydrogens is 432 g/mol. The molecule has 174 valence electrons. The second kappa shape index (κ2) is 9.91. The van der Waals surface area contributed by atoms with Gasteiger partial charge in [0.05, 0.1) is 30.1 Å². The maximum Gasteiger partial charge on any atom is 0.260 e. The third kappa shape index (κ3) is 4.85. The third-order valence-corrected chi connectivity index (χ3v) is 6.07. The second-order valence-corrected chi connectivity index (χ2v) is 8.35. The number of piperidine rings is 1. The minimum Gasteiger partial charge on any atom is -0.497 e. The molecule has 1 saturated heterocycles. The number of nitrogens with zero attached hydrogens (tertiary/aromatic N) is 4. The lowest BCUT2D eigenvalue weighted by Crippen LogP contribution is -2.41. The normalized spacial score (nSPS) is 15.9. The number of hydrogen-bond donors (Lipinski definition) is 0. The number of carbonyl (C=O) groups is 1. The summed E-state index contributed by atoms with van der Waals surface area (Å²) in [6.45, 7) is 1.19. The van der Waals surface area contributed by atoms with Crippen LogP contribution in [0.15, 0.2) is 65.5 Å². The molecule has 8 heteroatoms. The molecule has 0 saturated carbocycles. The Morgan fingerprint density at radius 2 is 1.97 bits per heavy atom. The molecule has 1 fully saturated rings. The van der Waals surface area contributed by atoms with E-state index in [0.717, 1.165) is 40.8 Å². The molecule has 3 heterocycles. The Labute approximate surface area is 197 Å². The Bertz CT molecular complexity index is 1270. The van der Waals surface area contributed by atoms with E-state index in [4.69, 9.17) is 13.9 Å². The Morgan fingerprint density at radius 3 is 2.82 bits per heavy atom. The SMILES string of the molecule is COc1ccc(Cc2cnc([C@H]3CCCN(C(=O)COc4ncnc5ccccc45)C3)o2)cc1. The van der Waals surface area contributed by atoms with Crippen molar-refractivity contribution in [2.45, 2.75) is 25.2 Å². The number of benzene rings is 2. The van der Waals surface area contributed by atoms with Crippen LogP contribution in [0.2, 0.25) is 0 Å². The van der Waals surface area contributed by atoms with Gasteiger partial charge in [-0.05, 0) is 42.7 Å². The van der Waals surface area contributed by atoms with Crippen LogP contribution in [-0.2, 0) is 11.2 Å². The maximum atomic E-state index is 12.9. The van der Waals surface area contributed by atoms with Crippen molar-refractivity contribution < 1.29 is 18.7 Å². The Kier molecular flexibility index (Phi) is 6.38. The van der Waals surface area contributed by atoms with Crippen molar-refractivity contribution in [1.29, 1.82) is 0 Å². The van der Waals surface area contributed by atoms with E-state index in [0.29, 0.717) is 31.3 Å². The molecule has 0 unspecified atom stereocenters. The van der Waals surface area contributed by atoms with E-state index in [2.05, 4.69) is 15.0 Å². The first kappa shape index (κ1) is 21.9. The van der Waals surface area contributed by atoms with E-state index in [1.165, 1.54) is 6.33 Å². The molecule has 5 rings (SSSR count). The summed E-state index contributed by atoms with van der Waals surface area (Å²) in [4.78, 5) is 27.6. The van der Waals surface area contributed by atoms with E-state index < -0.39 is 0 Å². The quantitative estimate of drug-likeness (QED) is 0.413. The van der Waals surface area contributed by atoms with E-state index in [-0.39, 0.29) is 18.4 Å². The van der Waals surface area contributed by atoms with E-state index in [9.17, 15) is 4.79 Å². The third-order valence-electron chi connectivity index (χ3n) is 6.07. The van der Waals surface area contributed by atoms with Crippen molar-refractivity contribution >= 4 is 16.8 Å². The van der Waals surface area contributed by atoms with Gasteiger partial charge < -0.3 is 18.8 Å². The standard InChI is InChI=1S/C26H26N4O4/c1-32-20-10-8-18(9-11-20)13-21-14-27-25(34-21)19-5-4-12-30(15-19)24(31)16-33-26-22-6-2-3-7-23(22)28-17-29-26/h2-3,6-11,14,17,19H,4-5,12-13,15-16H2,1H3/t19-/m0/s1. The number of oxazole rings is 1. The van der Waals surface area contributed by atoms with Crippen LogP contribution in [0.4, 0.5) is 0 Å². The zero-order valence-electron chi connectivity index (χ0n) is 19.0. The summed E-state index contributed by atoms with van der Waals surface area (Å²) in [6.07, 6.45) is 5.72. The summed E-state index contributed by atoms with van der Waals surface area (Å²) in [5.74, 6) is 2.74. The highest BCUT2D eigenvalue weighted by atomic mass is 16.5. The first-order valence-corrected chi connectivity index (χ1v) is 11.4. The zero-order chi connectivity index (χ0) is 23.3. The minimum atomic E-state index is -0.0718. The highest BCUT2D eigenvalue weighted by Gasteiger charge is 2.28. The number of para-hydroxylation sites is 1. The Hall–Kier alpha value is -3.94. The zero-order valence-corrected chi connectivity index (χ0v) is 19.0. The lowest BCUT2D eigenvalue weighted by Gasteiger charge is -2.31. The van der Waals surface area contributed by atoms with Crippen LogP contribution in [0.1, 0.15) is 36.0 Å². The van der Waals surface area contributed by atoms with E-state index in [1.807, 2.05) is 53.4 Å². The van der Waals surface area contributed by atoms with Crippen molar-refractivity contribution in [3.05, 3.63) is 78.3 Å². The molecule has 0 bridgehead atoms. The van der Waals surface area contributed by atoms with Crippen LogP contribution in [-0.4, -0.2) is 52.6 Å². The molecule has 0 spiro atoms. The number of aromatic nitrogens is 3. The number of methoxy groups -OCH3 is 1. The largest absolute Gasteiger partial charge is 0.497 e. The molecule has 34 heavy (non-hydrogen) atoms. The van der Waals surface area contributed by atoms with Crippen molar-refractivity contribution in [3.8, 4) is 11.6 Å². The van der Waals surface area contributed by atoms with Gasteiger partial charge in [-0.15, -0.1) is 0 Å². The lowest BCUT2D eigenvalue weighted by atomic mass is 9.98. The molecule has 0 aliphatic carbocycles. The van der Waals surface area contributed by atoms with E-state index in [1.54, 1.807) is 13.3 Å². The van der Waals surface area contributed by atoms with Crippen molar-refractivity contribution in [2.75, 3.05) is 26.8 Å². The highest BCUT2D eigenvalue weighted by molar-refractivity contribution is 5.84. The van der Waals surface area contributed by atoms with Crippen LogP contribution in [0.5, 0.6) is 11.6 Å². The summed E-state index contributed by atoms with van der Waals surface area (Å²) in [7, 11) is 1.65. The molecule has 2 aromatic carbocycles. The molecule has 4 aromatic rings. The van der Waals surface area contributed by atoms with Gasteiger partial charge in [0, 0.05) is 19.5 Å². The minimum absolute atomic E-state index is 0.0674. The average Bonchev–Trinajstić information content (AvgIpc) is 3.36. The fourth-order valence-electron chi connectivity index (χ4n) is 4.26. The fourth-order valence-corrected chi connectivity index (χ4v) is 4.26. The summed E-state index contributed by atoms with van der Waals surface area (Å²) >= 11 is 0. The first-order valence-electron chi connectivity index (χ1n) is 11.4.